The lowest BCUT2D eigenvalue weighted by Crippen LogP contribution is -2.53. The first-order valence-corrected chi connectivity index (χ1v) is 18.2. The van der Waals surface area contributed by atoms with Crippen molar-refractivity contribution in [2.45, 2.75) is 57.5 Å². The van der Waals surface area contributed by atoms with Crippen LogP contribution in [0.4, 0.5) is 5.69 Å². The van der Waals surface area contributed by atoms with Crippen LogP contribution in [0.5, 0.6) is 17.2 Å². The molecule has 50 heavy (non-hydrogen) atoms. The van der Waals surface area contributed by atoms with E-state index in [-0.39, 0.29) is 35.2 Å². The van der Waals surface area contributed by atoms with Crippen molar-refractivity contribution in [2.75, 3.05) is 38.2 Å². The maximum absolute atomic E-state index is 14.7. The Morgan fingerprint density at radius 3 is 2.16 bits per heavy atom. The van der Waals surface area contributed by atoms with Crippen LogP contribution >= 0.6 is 0 Å². The number of methoxy groups -OCH3 is 2. The molecule has 0 saturated heterocycles. The highest BCUT2D eigenvalue weighted by molar-refractivity contribution is 7.92. The molecule has 0 bridgehead atoms. The minimum absolute atomic E-state index is 0.0900. The quantitative estimate of drug-likeness (QED) is 0.124. The summed E-state index contributed by atoms with van der Waals surface area (Å²) in [6, 6.07) is 27.1. The Balaban J connectivity index is 1.82. The number of hydrogen-bond donors (Lipinski definition) is 1. The fourth-order valence-corrected chi connectivity index (χ4v) is 7.01. The fraction of sp³-hybridized carbons (Fsp3) is 0.333. The lowest BCUT2D eigenvalue weighted by Gasteiger charge is -2.34. The summed E-state index contributed by atoms with van der Waals surface area (Å²) in [5.74, 6) is 0.282. The number of unbranched alkanes of at least 4 members (excludes halogenated alkanes) is 1. The summed E-state index contributed by atoms with van der Waals surface area (Å²) < 4.78 is 46.4. The first-order valence-electron chi connectivity index (χ1n) is 16.8. The molecule has 0 aromatic heterocycles. The summed E-state index contributed by atoms with van der Waals surface area (Å²) in [7, 11) is -1.48. The molecule has 0 fully saturated rings. The zero-order valence-electron chi connectivity index (χ0n) is 29.4. The first-order chi connectivity index (χ1) is 24.1. The number of carbonyl (C=O) groups excluding carboxylic acids is 2. The molecular formula is C39H47N3O7S. The first kappa shape index (κ1) is 37.8. The number of rotatable bonds is 18. The Hall–Kier alpha value is -5.03. The van der Waals surface area contributed by atoms with Crippen LogP contribution in [0.25, 0.3) is 0 Å². The number of carbonyl (C=O) groups is 2. The molecule has 0 saturated carbocycles. The van der Waals surface area contributed by atoms with Gasteiger partial charge in [0.1, 0.15) is 18.3 Å². The van der Waals surface area contributed by atoms with Gasteiger partial charge in [0, 0.05) is 25.6 Å². The van der Waals surface area contributed by atoms with Gasteiger partial charge in [0.05, 0.1) is 31.4 Å². The van der Waals surface area contributed by atoms with Gasteiger partial charge in [-0.3, -0.25) is 13.9 Å². The maximum Gasteiger partial charge on any atom is 0.264 e. The molecule has 4 rings (SSSR count). The van der Waals surface area contributed by atoms with Gasteiger partial charge in [-0.2, -0.15) is 0 Å². The van der Waals surface area contributed by atoms with Gasteiger partial charge in [-0.1, -0.05) is 73.5 Å². The summed E-state index contributed by atoms with van der Waals surface area (Å²) >= 11 is 0. The summed E-state index contributed by atoms with van der Waals surface area (Å²) in [5.41, 5.74) is 2.92. The van der Waals surface area contributed by atoms with Gasteiger partial charge in [-0.15, -0.1) is 0 Å². The molecule has 1 atom stereocenters. The minimum atomic E-state index is -4.36. The second-order valence-electron chi connectivity index (χ2n) is 11.8. The molecule has 0 spiro atoms. The van der Waals surface area contributed by atoms with Crippen LogP contribution in [0.1, 0.15) is 43.4 Å². The van der Waals surface area contributed by atoms with Crippen LogP contribution in [-0.4, -0.2) is 65.1 Å². The van der Waals surface area contributed by atoms with Crippen LogP contribution in [0.2, 0.25) is 0 Å². The zero-order chi connectivity index (χ0) is 36.1. The van der Waals surface area contributed by atoms with Crippen molar-refractivity contribution in [3.63, 3.8) is 0 Å². The molecule has 2 amide bonds. The molecule has 0 heterocycles. The molecule has 4 aromatic rings. The van der Waals surface area contributed by atoms with E-state index in [1.807, 2.05) is 75.4 Å². The van der Waals surface area contributed by atoms with E-state index < -0.39 is 28.5 Å². The SMILES string of the molecule is CCCCNC(=O)[C@@H](Cc1ccccc1)N(Cc1cccc(C)c1)C(=O)CN(c1ccc(OCC)cc1)S(=O)(=O)c1ccc(OC)c(OC)c1. The number of amides is 2. The molecule has 0 aliphatic carbocycles. The Morgan fingerprint density at radius 1 is 0.820 bits per heavy atom. The maximum atomic E-state index is 14.7. The van der Waals surface area contributed by atoms with E-state index >= 15 is 0 Å². The Kier molecular flexibility index (Phi) is 13.7. The highest BCUT2D eigenvalue weighted by atomic mass is 32.2. The number of sulfonamides is 1. The van der Waals surface area contributed by atoms with Crippen LogP contribution in [0.15, 0.2) is 102 Å². The zero-order valence-corrected chi connectivity index (χ0v) is 30.2. The summed E-state index contributed by atoms with van der Waals surface area (Å²) in [6.07, 6.45) is 1.91. The smallest absolute Gasteiger partial charge is 0.264 e. The van der Waals surface area contributed by atoms with Crippen LogP contribution in [0, 0.1) is 6.92 Å². The Bertz CT molecular complexity index is 1820. The predicted molar refractivity (Wildman–Crippen MR) is 195 cm³/mol. The third-order valence-electron chi connectivity index (χ3n) is 8.19. The van der Waals surface area contributed by atoms with Gasteiger partial charge in [0.25, 0.3) is 10.0 Å². The summed E-state index contributed by atoms with van der Waals surface area (Å²) in [5, 5.41) is 3.01. The molecule has 1 N–H and O–H groups in total. The van der Waals surface area contributed by atoms with Gasteiger partial charge in [-0.05, 0) is 67.8 Å². The van der Waals surface area contributed by atoms with E-state index in [1.54, 1.807) is 24.3 Å². The van der Waals surface area contributed by atoms with E-state index in [0.29, 0.717) is 24.7 Å². The van der Waals surface area contributed by atoms with Crippen LogP contribution < -0.4 is 23.8 Å². The van der Waals surface area contributed by atoms with Gasteiger partial charge >= 0.3 is 0 Å². The van der Waals surface area contributed by atoms with Crippen molar-refractivity contribution in [1.29, 1.82) is 0 Å². The Morgan fingerprint density at radius 2 is 1.52 bits per heavy atom. The van der Waals surface area contributed by atoms with E-state index in [9.17, 15) is 18.0 Å². The highest BCUT2D eigenvalue weighted by Gasteiger charge is 2.35. The third kappa shape index (κ3) is 9.78. The van der Waals surface area contributed by atoms with Gasteiger partial charge in [0.2, 0.25) is 11.8 Å². The van der Waals surface area contributed by atoms with Crippen molar-refractivity contribution in [3.8, 4) is 17.2 Å². The molecule has 4 aromatic carbocycles. The minimum Gasteiger partial charge on any atom is -0.494 e. The topological polar surface area (TPSA) is 114 Å². The number of aryl methyl sites for hydroxylation is 1. The molecule has 11 heteroatoms. The molecular weight excluding hydrogens is 655 g/mol. The lowest BCUT2D eigenvalue weighted by molar-refractivity contribution is -0.140. The average molecular weight is 702 g/mol. The monoisotopic (exact) mass is 701 g/mol. The van der Waals surface area contributed by atoms with Gasteiger partial charge in [0.15, 0.2) is 11.5 Å². The molecule has 0 radical (unpaired) electrons. The predicted octanol–water partition coefficient (Wildman–Crippen LogP) is 6.16. The molecule has 0 aliphatic rings. The number of hydrogen-bond acceptors (Lipinski definition) is 7. The number of ether oxygens (including phenoxy) is 3. The average Bonchev–Trinajstić information content (AvgIpc) is 3.12. The second kappa shape index (κ2) is 18.1. The lowest BCUT2D eigenvalue weighted by atomic mass is 10.0. The van der Waals surface area contributed by atoms with Crippen molar-refractivity contribution < 1.29 is 32.2 Å². The summed E-state index contributed by atoms with van der Waals surface area (Å²) in [4.78, 5) is 30.1. The third-order valence-corrected chi connectivity index (χ3v) is 9.96. The standard InChI is InChI=1S/C39H47N3O7S/c1-6-8-23-40-39(44)35(25-30-14-10-9-11-15-30)41(27-31-16-12-13-29(3)24-31)38(43)28-42(32-17-19-33(20-18-32)49-7-2)50(45,46)34-21-22-36(47-4)37(26-34)48-5/h9-22,24,26,35H,6-8,23,25,27-28H2,1-5H3,(H,40,44)/t35-/m1/s1. The van der Waals surface area contributed by atoms with Crippen molar-refractivity contribution in [3.05, 3.63) is 114 Å². The molecule has 0 unspecified atom stereocenters. The van der Waals surface area contributed by atoms with Gasteiger partial charge < -0.3 is 24.4 Å². The molecule has 266 valence electrons. The van der Waals surface area contributed by atoms with Crippen LogP contribution in [-0.2, 0) is 32.6 Å². The largest absolute Gasteiger partial charge is 0.494 e. The number of benzene rings is 4. The summed E-state index contributed by atoms with van der Waals surface area (Å²) in [6.45, 7) is 6.25. The van der Waals surface area contributed by atoms with Gasteiger partial charge in [-0.25, -0.2) is 8.42 Å². The Labute approximate surface area is 296 Å². The fourth-order valence-electron chi connectivity index (χ4n) is 5.58. The van der Waals surface area contributed by atoms with Crippen molar-refractivity contribution >= 4 is 27.5 Å². The van der Waals surface area contributed by atoms with E-state index in [1.165, 1.54) is 37.3 Å². The van der Waals surface area contributed by atoms with E-state index in [0.717, 1.165) is 33.8 Å². The van der Waals surface area contributed by atoms with Crippen molar-refractivity contribution in [1.82, 2.24) is 10.2 Å². The highest BCUT2D eigenvalue weighted by Crippen LogP contribution is 2.33. The molecule has 10 nitrogen and oxygen atoms in total. The number of anilines is 1. The van der Waals surface area contributed by atoms with E-state index in [4.69, 9.17) is 14.2 Å². The van der Waals surface area contributed by atoms with Crippen molar-refractivity contribution in [2.24, 2.45) is 0 Å². The van der Waals surface area contributed by atoms with Crippen LogP contribution in [0.3, 0.4) is 0 Å². The molecule has 0 aliphatic heterocycles. The second-order valence-corrected chi connectivity index (χ2v) is 13.7. The normalized spacial score (nSPS) is 11.7. The van der Waals surface area contributed by atoms with E-state index in [2.05, 4.69) is 5.32 Å². The number of nitrogens with zero attached hydrogens (tertiary/aromatic N) is 2. The number of nitrogens with one attached hydrogen (secondary N) is 1.